The summed E-state index contributed by atoms with van der Waals surface area (Å²) in [4.78, 5) is 51.1. The number of thioether (sulfide) groups is 1. The van der Waals surface area contributed by atoms with Gasteiger partial charge in [0.2, 0.25) is 11.3 Å². The lowest BCUT2D eigenvalue weighted by molar-refractivity contribution is -0.144. The van der Waals surface area contributed by atoms with E-state index in [1.807, 2.05) is 0 Å². The fraction of sp³-hybridized carbons (Fsp3) is 0.353. The number of carboxylic acids is 1. The van der Waals surface area contributed by atoms with E-state index >= 15 is 0 Å². The van der Waals surface area contributed by atoms with Gasteiger partial charge in [0.1, 0.15) is 10.6 Å². The molecule has 4 heterocycles. The first-order valence-electron chi connectivity index (χ1n) is 9.22. The summed E-state index contributed by atoms with van der Waals surface area (Å²) >= 11 is 11.8. The summed E-state index contributed by atoms with van der Waals surface area (Å²) in [6.07, 6.45) is 4.19. The second-order valence-electron chi connectivity index (χ2n) is 7.15. The Morgan fingerprint density at radius 3 is 2.42 bits per heavy atom. The van der Waals surface area contributed by atoms with Crippen LogP contribution in [0.5, 0.6) is 0 Å². The minimum Gasteiger partial charge on any atom is -0.480 e. The predicted molar refractivity (Wildman–Crippen MR) is 127 cm³/mol. The van der Waals surface area contributed by atoms with Crippen LogP contribution in [0.1, 0.15) is 18.0 Å². The fourth-order valence-electron chi connectivity index (χ4n) is 3.58. The highest BCUT2D eigenvalue weighted by Gasteiger charge is 2.56. The molecule has 2 amide bonds. The number of fused-ring (bicyclic) bond motifs is 1. The van der Waals surface area contributed by atoms with Crippen LogP contribution in [0.15, 0.2) is 37.9 Å². The zero-order valence-electron chi connectivity index (χ0n) is 16.9. The number of β-lactam (4-membered cyclic amide) rings is 1. The van der Waals surface area contributed by atoms with E-state index in [0.717, 1.165) is 11.8 Å². The third kappa shape index (κ3) is 4.02. The molecule has 1 fully saturated rings. The molecule has 2 aromatic heterocycles. The van der Waals surface area contributed by atoms with Crippen LogP contribution in [-0.2, 0) is 21.4 Å². The highest BCUT2D eigenvalue weighted by molar-refractivity contribution is 9.11. The largest absolute Gasteiger partial charge is 0.480 e. The van der Waals surface area contributed by atoms with Crippen LogP contribution in [0.4, 0.5) is 0 Å². The molecule has 0 bridgehead atoms. The van der Waals surface area contributed by atoms with Gasteiger partial charge in [-0.25, -0.2) is 9.69 Å². The number of aryl methyl sites for hydroxylation is 1. The number of carbonyl (C=O) groups excluding carboxylic acids is 2. The Hall–Kier alpha value is -2.17. The Balaban J connectivity index is 1.72. The molecule has 0 saturated carbocycles. The van der Waals surface area contributed by atoms with Crippen LogP contribution in [0.3, 0.4) is 0 Å². The van der Waals surface area contributed by atoms with Gasteiger partial charge in [-0.3, -0.25) is 23.9 Å². The van der Waals surface area contributed by atoms with Crippen molar-refractivity contribution in [1.29, 1.82) is 0 Å². The summed E-state index contributed by atoms with van der Waals surface area (Å²) in [7, 11) is 1.60. The average molecular weight is 621 g/mol. The van der Waals surface area contributed by atoms with E-state index in [1.54, 1.807) is 7.05 Å². The number of thiol groups is 1. The molecule has 1 saturated heterocycles. The number of hydrogen-bond donors (Lipinski definition) is 2. The van der Waals surface area contributed by atoms with Gasteiger partial charge in [-0.05, 0) is 47.9 Å². The summed E-state index contributed by atoms with van der Waals surface area (Å²) in [5, 5.41) is 19.8. The number of tetrazole rings is 1. The molecular formula is C17H15Br2N7O5S2. The maximum Gasteiger partial charge on any atom is 0.321 e. The first-order valence-corrected chi connectivity index (χ1v) is 12.3. The Labute approximate surface area is 212 Å². The van der Waals surface area contributed by atoms with Crippen LogP contribution in [0.25, 0.3) is 0 Å². The van der Waals surface area contributed by atoms with E-state index in [4.69, 9.17) is 0 Å². The van der Waals surface area contributed by atoms with E-state index in [-0.39, 0.29) is 14.4 Å². The van der Waals surface area contributed by atoms with Gasteiger partial charge >= 0.3 is 5.97 Å². The summed E-state index contributed by atoms with van der Waals surface area (Å²) < 4.78 is 3.08. The number of halogens is 2. The maximum atomic E-state index is 13.1. The molecular weight excluding hydrogens is 606 g/mol. The number of aliphatic carboxylic acids is 1. The van der Waals surface area contributed by atoms with Gasteiger partial charge < -0.3 is 10.0 Å². The van der Waals surface area contributed by atoms with Crippen molar-refractivity contribution in [2.45, 2.75) is 28.8 Å². The van der Waals surface area contributed by atoms with Gasteiger partial charge in [0.25, 0.3) is 5.91 Å². The second kappa shape index (κ2) is 8.88. The summed E-state index contributed by atoms with van der Waals surface area (Å²) in [6, 6.07) is -0.983. The molecule has 2 aromatic rings. The molecule has 4 rings (SSSR count). The molecule has 0 radical (unpaired) electrons. The highest BCUT2D eigenvalue weighted by atomic mass is 79.9. The zero-order chi connectivity index (χ0) is 24.2. The minimum absolute atomic E-state index is 0.184. The molecule has 16 heteroatoms. The minimum atomic E-state index is -1.12. The summed E-state index contributed by atoms with van der Waals surface area (Å²) in [5.41, 5.74) is 0.0139. The molecule has 174 valence electrons. The van der Waals surface area contributed by atoms with Crippen molar-refractivity contribution in [2.24, 2.45) is 7.05 Å². The van der Waals surface area contributed by atoms with Crippen molar-refractivity contribution in [2.75, 3.05) is 5.01 Å². The molecule has 2 aliphatic rings. The Morgan fingerprint density at radius 2 is 1.91 bits per heavy atom. The number of nitrogens with zero attached hydrogens (tertiary/aromatic N) is 7. The fourth-order valence-corrected chi connectivity index (χ4v) is 6.65. The van der Waals surface area contributed by atoms with Gasteiger partial charge in [-0.1, -0.05) is 0 Å². The normalized spacial score (nSPS) is 22.8. The number of carbonyl (C=O) groups is 3. The van der Waals surface area contributed by atoms with E-state index in [2.05, 4.69) is 60.0 Å². The molecule has 4 atom stereocenters. The standard InChI is InChI=1S/C17H15Br2N7O5S2/c1-6(27)26(24-4-8(18)11(28)9(19)5-24)10-15(29)25-3-7(13(17(30)31)33-16(10)25)12(32)14-20-21-22-23(14)2/h3-5,10,12-13,16,32H,1-2H3,(H,30,31)/t10?,12?,13?,16-/m1/s1. The topological polar surface area (TPSA) is 144 Å². The Morgan fingerprint density at radius 1 is 1.27 bits per heavy atom. The van der Waals surface area contributed by atoms with Crippen molar-refractivity contribution in [3.8, 4) is 0 Å². The Kier molecular flexibility index (Phi) is 6.45. The van der Waals surface area contributed by atoms with Crippen molar-refractivity contribution in [3.05, 3.63) is 49.2 Å². The molecule has 3 unspecified atom stereocenters. The van der Waals surface area contributed by atoms with Crippen molar-refractivity contribution in [1.82, 2.24) is 29.8 Å². The van der Waals surface area contributed by atoms with Crippen LogP contribution >= 0.6 is 56.3 Å². The van der Waals surface area contributed by atoms with Gasteiger partial charge in [0.15, 0.2) is 11.9 Å². The van der Waals surface area contributed by atoms with Crippen LogP contribution < -0.4 is 10.4 Å². The smallest absolute Gasteiger partial charge is 0.321 e. The van der Waals surface area contributed by atoms with Crippen LogP contribution in [0, 0.1) is 0 Å². The second-order valence-corrected chi connectivity index (χ2v) is 10.6. The molecule has 1 N–H and O–H groups in total. The number of pyridine rings is 1. The Bertz CT molecular complexity index is 1240. The van der Waals surface area contributed by atoms with Gasteiger partial charge in [0, 0.05) is 32.6 Å². The molecule has 0 aliphatic carbocycles. The van der Waals surface area contributed by atoms with E-state index < -0.39 is 39.7 Å². The molecule has 2 aliphatic heterocycles. The monoisotopic (exact) mass is 619 g/mol. The highest BCUT2D eigenvalue weighted by Crippen LogP contribution is 2.46. The van der Waals surface area contributed by atoms with Gasteiger partial charge in [-0.15, -0.1) is 16.9 Å². The zero-order valence-corrected chi connectivity index (χ0v) is 21.7. The number of hydrogen-bond acceptors (Lipinski definition) is 9. The number of amides is 2. The lowest BCUT2D eigenvalue weighted by atomic mass is 10.0. The first-order chi connectivity index (χ1) is 15.5. The number of rotatable bonds is 5. The van der Waals surface area contributed by atoms with Gasteiger partial charge in [-0.2, -0.15) is 12.6 Å². The van der Waals surface area contributed by atoms with E-state index in [0.29, 0.717) is 11.4 Å². The molecule has 33 heavy (non-hydrogen) atoms. The van der Waals surface area contributed by atoms with E-state index in [9.17, 15) is 24.3 Å². The summed E-state index contributed by atoms with van der Waals surface area (Å²) in [6.45, 7) is 1.28. The van der Waals surface area contributed by atoms with Crippen LogP contribution in [0.2, 0.25) is 0 Å². The summed E-state index contributed by atoms with van der Waals surface area (Å²) in [5.74, 6) is -1.67. The number of carboxylic acid groups (broad SMARTS) is 1. The first kappa shape index (κ1) is 24.0. The van der Waals surface area contributed by atoms with Crippen LogP contribution in [-0.4, -0.2) is 69.3 Å². The van der Waals surface area contributed by atoms with Gasteiger partial charge in [0.05, 0.1) is 14.2 Å². The SMILES string of the molecule is CC(=O)N(C1C(=O)N2C=C(C(S)c3nnnn3C)C(C(=O)O)S[C@H]12)n1cc(Br)c(=O)c(Br)c1. The lowest BCUT2D eigenvalue weighted by Crippen LogP contribution is -2.72. The third-order valence-electron chi connectivity index (χ3n) is 5.12. The molecule has 0 spiro atoms. The van der Waals surface area contributed by atoms with Crippen molar-refractivity contribution < 1.29 is 19.5 Å². The van der Waals surface area contributed by atoms with E-state index in [1.165, 1.54) is 44.8 Å². The maximum absolute atomic E-state index is 13.1. The molecule has 0 aromatic carbocycles. The average Bonchev–Trinajstić information content (AvgIpc) is 3.19. The van der Waals surface area contributed by atoms with Crippen molar-refractivity contribution >= 4 is 74.0 Å². The number of aromatic nitrogens is 5. The molecule has 12 nitrogen and oxygen atoms in total. The predicted octanol–water partition coefficient (Wildman–Crippen LogP) is 0.673. The lowest BCUT2D eigenvalue weighted by Gasteiger charge is -2.52. The third-order valence-corrected chi connectivity index (χ3v) is 8.28. The van der Waals surface area contributed by atoms with Crippen molar-refractivity contribution in [3.63, 3.8) is 0 Å². The quantitative estimate of drug-likeness (QED) is 0.364.